The van der Waals surface area contributed by atoms with Gasteiger partial charge in [0.15, 0.2) is 0 Å². The average Bonchev–Trinajstić information content (AvgIpc) is 3.24. The molecule has 0 saturated heterocycles. The molecule has 1 amide bonds. The number of nitrogens with zero attached hydrogens (tertiary/aromatic N) is 2. The van der Waals surface area contributed by atoms with Gasteiger partial charge < -0.3 is 14.8 Å². The molecule has 0 radical (unpaired) electrons. The molecule has 4 aromatic rings. The highest BCUT2D eigenvalue weighted by Gasteiger charge is 2.16. The zero-order valence-corrected chi connectivity index (χ0v) is 17.6. The first-order valence-corrected chi connectivity index (χ1v) is 10.2. The second-order valence-corrected chi connectivity index (χ2v) is 7.31. The first kappa shape index (κ1) is 20.6. The fraction of sp³-hybridized carbons (Fsp3) is 0.200. The number of amides is 1. The molecular weight excluding hydrogens is 390 g/mol. The summed E-state index contributed by atoms with van der Waals surface area (Å²) in [6.07, 6.45) is 1.06. The van der Waals surface area contributed by atoms with Gasteiger partial charge in [0.25, 0.3) is 5.91 Å². The van der Waals surface area contributed by atoms with Gasteiger partial charge in [-0.3, -0.25) is 4.79 Å². The van der Waals surface area contributed by atoms with Crippen LogP contribution in [0.4, 0.5) is 5.82 Å². The fourth-order valence-corrected chi connectivity index (χ4v) is 3.44. The van der Waals surface area contributed by atoms with E-state index in [-0.39, 0.29) is 5.91 Å². The molecule has 0 aliphatic rings. The third-order valence-corrected chi connectivity index (χ3v) is 5.17. The zero-order valence-electron chi connectivity index (χ0n) is 17.6. The number of carbonyl (C=O) groups is 1. The van der Waals surface area contributed by atoms with Crippen LogP contribution in [0.3, 0.4) is 0 Å². The van der Waals surface area contributed by atoms with Crippen molar-refractivity contribution in [1.82, 2.24) is 9.78 Å². The van der Waals surface area contributed by atoms with E-state index in [2.05, 4.69) is 34.7 Å². The van der Waals surface area contributed by atoms with Gasteiger partial charge in [0.1, 0.15) is 17.7 Å². The lowest BCUT2D eigenvalue weighted by Crippen LogP contribution is -2.28. The molecule has 4 rings (SSSR count). The lowest BCUT2D eigenvalue weighted by molar-refractivity contribution is -0.127. The lowest BCUT2D eigenvalue weighted by Gasteiger charge is -2.15. The summed E-state index contributed by atoms with van der Waals surface area (Å²) in [7, 11) is 1.62. The van der Waals surface area contributed by atoms with Crippen LogP contribution in [0.25, 0.3) is 10.8 Å². The maximum absolute atomic E-state index is 12.7. The number of carbonyl (C=O) groups excluding carboxylic acids is 1. The molecule has 1 unspecified atom stereocenters. The minimum absolute atomic E-state index is 0.220. The Labute approximate surface area is 181 Å². The van der Waals surface area contributed by atoms with Crippen LogP contribution >= 0.6 is 0 Å². The summed E-state index contributed by atoms with van der Waals surface area (Å²) in [5, 5.41) is 9.67. The SMILES string of the molecule is COc1cccc(COC(C)C(=O)Nc2ccnn2Cc2cccc3ccccc23)c1. The van der Waals surface area contributed by atoms with Gasteiger partial charge in [-0.25, -0.2) is 4.68 Å². The average molecular weight is 415 g/mol. The molecule has 1 atom stereocenters. The van der Waals surface area contributed by atoms with Crippen molar-refractivity contribution in [1.29, 1.82) is 0 Å². The van der Waals surface area contributed by atoms with Gasteiger partial charge in [0.05, 0.1) is 26.5 Å². The number of ether oxygens (including phenoxy) is 2. The van der Waals surface area contributed by atoms with Crippen molar-refractivity contribution >= 4 is 22.5 Å². The topological polar surface area (TPSA) is 65.4 Å². The number of benzene rings is 3. The third kappa shape index (κ3) is 4.92. The molecule has 1 heterocycles. The van der Waals surface area contributed by atoms with E-state index in [0.29, 0.717) is 19.0 Å². The molecule has 3 aromatic carbocycles. The fourth-order valence-electron chi connectivity index (χ4n) is 3.44. The second kappa shape index (κ2) is 9.45. The molecule has 0 aliphatic carbocycles. The van der Waals surface area contributed by atoms with E-state index < -0.39 is 6.10 Å². The van der Waals surface area contributed by atoms with Crippen LogP contribution in [0.1, 0.15) is 18.1 Å². The molecule has 6 nitrogen and oxygen atoms in total. The molecule has 1 aromatic heterocycles. The summed E-state index contributed by atoms with van der Waals surface area (Å²) in [5.74, 6) is 1.17. The Morgan fingerprint density at radius 1 is 1.06 bits per heavy atom. The largest absolute Gasteiger partial charge is 0.497 e. The van der Waals surface area contributed by atoms with Crippen molar-refractivity contribution in [2.24, 2.45) is 0 Å². The molecule has 0 fully saturated rings. The maximum Gasteiger partial charge on any atom is 0.254 e. The molecule has 158 valence electrons. The highest BCUT2D eigenvalue weighted by Crippen LogP contribution is 2.21. The van der Waals surface area contributed by atoms with Gasteiger partial charge in [-0.15, -0.1) is 0 Å². The molecule has 0 aliphatic heterocycles. The third-order valence-electron chi connectivity index (χ3n) is 5.17. The van der Waals surface area contributed by atoms with Crippen molar-refractivity contribution in [3.8, 4) is 5.75 Å². The highest BCUT2D eigenvalue weighted by atomic mass is 16.5. The summed E-state index contributed by atoms with van der Waals surface area (Å²) >= 11 is 0. The molecule has 0 spiro atoms. The Morgan fingerprint density at radius 2 is 1.87 bits per heavy atom. The maximum atomic E-state index is 12.7. The number of fused-ring (bicyclic) bond motifs is 1. The quantitative estimate of drug-likeness (QED) is 0.455. The predicted molar refractivity (Wildman–Crippen MR) is 121 cm³/mol. The van der Waals surface area contributed by atoms with E-state index in [0.717, 1.165) is 16.9 Å². The molecule has 0 saturated carbocycles. The van der Waals surface area contributed by atoms with Gasteiger partial charge in [-0.2, -0.15) is 5.10 Å². The Bertz CT molecular complexity index is 1180. The smallest absolute Gasteiger partial charge is 0.254 e. The van der Waals surface area contributed by atoms with Crippen LogP contribution in [-0.4, -0.2) is 28.9 Å². The van der Waals surface area contributed by atoms with Crippen molar-refractivity contribution in [3.05, 3.63) is 90.1 Å². The lowest BCUT2D eigenvalue weighted by atomic mass is 10.0. The monoisotopic (exact) mass is 415 g/mol. The normalized spacial score (nSPS) is 11.9. The van der Waals surface area contributed by atoms with Crippen LogP contribution in [0, 0.1) is 0 Å². The van der Waals surface area contributed by atoms with E-state index in [9.17, 15) is 4.79 Å². The summed E-state index contributed by atoms with van der Waals surface area (Å²) in [6, 6.07) is 23.8. The molecular formula is C25H25N3O3. The first-order chi connectivity index (χ1) is 15.1. The number of rotatable bonds is 8. The van der Waals surface area contributed by atoms with Gasteiger partial charge in [-0.1, -0.05) is 54.6 Å². The van der Waals surface area contributed by atoms with Gasteiger partial charge in [0, 0.05) is 6.07 Å². The van der Waals surface area contributed by atoms with E-state index >= 15 is 0 Å². The van der Waals surface area contributed by atoms with E-state index in [1.54, 1.807) is 31.0 Å². The Kier molecular flexibility index (Phi) is 6.29. The van der Waals surface area contributed by atoms with E-state index in [1.165, 1.54) is 10.8 Å². The number of methoxy groups -OCH3 is 1. The van der Waals surface area contributed by atoms with Crippen molar-refractivity contribution in [2.45, 2.75) is 26.2 Å². The number of nitrogens with one attached hydrogen (secondary N) is 1. The van der Waals surface area contributed by atoms with Gasteiger partial charge >= 0.3 is 0 Å². The van der Waals surface area contributed by atoms with E-state index in [4.69, 9.17) is 9.47 Å². The minimum Gasteiger partial charge on any atom is -0.497 e. The Morgan fingerprint density at radius 3 is 2.74 bits per heavy atom. The second-order valence-electron chi connectivity index (χ2n) is 7.31. The number of aromatic nitrogens is 2. The van der Waals surface area contributed by atoms with Gasteiger partial charge in [-0.05, 0) is 41.0 Å². The molecule has 0 bridgehead atoms. The van der Waals surface area contributed by atoms with Crippen molar-refractivity contribution < 1.29 is 14.3 Å². The summed E-state index contributed by atoms with van der Waals surface area (Å²) in [4.78, 5) is 12.7. The molecule has 6 heteroatoms. The number of hydrogen-bond donors (Lipinski definition) is 1. The van der Waals surface area contributed by atoms with Crippen LogP contribution in [0.5, 0.6) is 5.75 Å². The Hall–Kier alpha value is -3.64. The minimum atomic E-state index is -0.618. The van der Waals surface area contributed by atoms with E-state index in [1.807, 2.05) is 42.5 Å². The number of hydrogen-bond acceptors (Lipinski definition) is 4. The van der Waals surface area contributed by atoms with Crippen molar-refractivity contribution in [3.63, 3.8) is 0 Å². The Balaban J connectivity index is 1.41. The summed E-state index contributed by atoms with van der Waals surface area (Å²) in [6.45, 7) is 2.62. The molecule has 1 N–H and O–H groups in total. The van der Waals surface area contributed by atoms with Gasteiger partial charge in [0.2, 0.25) is 0 Å². The predicted octanol–water partition coefficient (Wildman–Crippen LogP) is 4.64. The first-order valence-electron chi connectivity index (χ1n) is 10.2. The van der Waals surface area contributed by atoms with Crippen LogP contribution in [0.2, 0.25) is 0 Å². The molecule has 31 heavy (non-hydrogen) atoms. The zero-order chi connectivity index (χ0) is 21.6. The van der Waals surface area contributed by atoms with Crippen molar-refractivity contribution in [2.75, 3.05) is 12.4 Å². The highest BCUT2D eigenvalue weighted by molar-refractivity contribution is 5.93. The van der Waals surface area contributed by atoms with Crippen LogP contribution in [0.15, 0.2) is 79.0 Å². The van der Waals surface area contributed by atoms with Crippen LogP contribution in [-0.2, 0) is 22.7 Å². The summed E-state index contributed by atoms with van der Waals surface area (Å²) in [5.41, 5.74) is 2.08. The number of anilines is 1. The standard InChI is InChI=1S/C25H25N3O3/c1-18(31-17-19-7-5-11-22(15-19)30-2)25(29)27-24-13-14-26-28(24)16-21-10-6-9-20-8-3-4-12-23(20)21/h3-15,18H,16-17H2,1-2H3,(H,27,29). The van der Waals surface area contributed by atoms with Crippen LogP contribution < -0.4 is 10.1 Å². The summed E-state index contributed by atoms with van der Waals surface area (Å²) < 4.78 is 12.8.